The Morgan fingerprint density at radius 3 is 2.60 bits per heavy atom. The van der Waals surface area contributed by atoms with E-state index in [1.54, 1.807) is 0 Å². The lowest BCUT2D eigenvalue weighted by atomic mass is 10.5. The van der Waals surface area contributed by atoms with Crippen molar-refractivity contribution in [2.24, 2.45) is 0 Å². The number of aliphatic hydroxyl groups is 1. The zero-order chi connectivity index (χ0) is 8.20. The fraction of sp³-hybridized carbons (Fsp3) is 1.00. The van der Waals surface area contributed by atoms with Gasteiger partial charge in [-0.05, 0) is 6.92 Å². The summed E-state index contributed by atoms with van der Waals surface area (Å²) in [5, 5.41) is 8.63. The Hall–Kier alpha value is 0.110. The molecule has 0 rings (SSSR count). The van der Waals surface area contributed by atoms with Crippen LogP contribution < -0.4 is 4.89 Å². The standard InChI is InChI=1S/C5H13O4P/c1-3-10(7,8)9-4-5(2)6/h5-6H,3-4H2,1-2H3,(H,7,8)/p-1. The van der Waals surface area contributed by atoms with E-state index in [0.717, 1.165) is 0 Å². The molecule has 0 heterocycles. The Labute approximate surface area is 60.4 Å². The number of aliphatic hydroxyl groups excluding tert-OH is 1. The molecule has 0 aliphatic carbocycles. The van der Waals surface area contributed by atoms with Gasteiger partial charge in [0.15, 0.2) is 0 Å². The maximum absolute atomic E-state index is 10.6. The summed E-state index contributed by atoms with van der Waals surface area (Å²) in [6.07, 6.45) is -0.756. The number of rotatable bonds is 4. The van der Waals surface area contributed by atoms with Crippen molar-refractivity contribution in [2.45, 2.75) is 20.0 Å². The van der Waals surface area contributed by atoms with Gasteiger partial charge in [0.05, 0.1) is 12.7 Å². The molecule has 4 nitrogen and oxygen atoms in total. The van der Waals surface area contributed by atoms with Gasteiger partial charge in [-0.3, -0.25) is 0 Å². The van der Waals surface area contributed by atoms with Crippen molar-refractivity contribution in [2.75, 3.05) is 12.8 Å². The largest absolute Gasteiger partial charge is 0.779 e. The van der Waals surface area contributed by atoms with E-state index in [1.165, 1.54) is 13.8 Å². The van der Waals surface area contributed by atoms with E-state index in [-0.39, 0.29) is 12.8 Å². The van der Waals surface area contributed by atoms with E-state index in [4.69, 9.17) is 5.11 Å². The first kappa shape index (κ1) is 10.1. The molecule has 0 saturated carbocycles. The summed E-state index contributed by atoms with van der Waals surface area (Å²) < 4.78 is 15.0. The molecule has 62 valence electrons. The van der Waals surface area contributed by atoms with Crippen LogP contribution in [0.2, 0.25) is 0 Å². The Kier molecular flexibility index (Phi) is 4.13. The third-order valence-electron chi connectivity index (χ3n) is 0.900. The SMILES string of the molecule is CCP(=O)([O-])OCC(C)O. The average molecular weight is 167 g/mol. The first-order chi connectivity index (χ1) is 4.48. The fourth-order valence-corrected chi connectivity index (χ4v) is 0.938. The van der Waals surface area contributed by atoms with Crippen molar-refractivity contribution in [1.82, 2.24) is 0 Å². The van der Waals surface area contributed by atoms with Crippen molar-refractivity contribution in [1.29, 1.82) is 0 Å². The number of hydrogen-bond acceptors (Lipinski definition) is 4. The summed E-state index contributed by atoms with van der Waals surface area (Å²) in [4.78, 5) is 10.6. The minimum absolute atomic E-state index is 0.0281. The molecule has 5 heteroatoms. The smallest absolute Gasteiger partial charge is 0.134 e. The molecule has 0 aromatic rings. The quantitative estimate of drug-likeness (QED) is 0.596. The van der Waals surface area contributed by atoms with Crippen molar-refractivity contribution >= 4 is 7.60 Å². The van der Waals surface area contributed by atoms with E-state index in [9.17, 15) is 9.46 Å². The van der Waals surface area contributed by atoms with Crippen molar-refractivity contribution in [3.05, 3.63) is 0 Å². The molecule has 10 heavy (non-hydrogen) atoms. The summed E-state index contributed by atoms with van der Waals surface area (Å²) in [5.41, 5.74) is 0. The summed E-state index contributed by atoms with van der Waals surface area (Å²) in [7, 11) is -3.64. The topological polar surface area (TPSA) is 69.6 Å². The van der Waals surface area contributed by atoms with Gasteiger partial charge in [0, 0.05) is 6.16 Å². The minimum atomic E-state index is -3.64. The van der Waals surface area contributed by atoms with Gasteiger partial charge in [-0.25, -0.2) is 0 Å². The lowest BCUT2D eigenvalue weighted by molar-refractivity contribution is -0.199. The van der Waals surface area contributed by atoms with Gasteiger partial charge < -0.3 is 19.1 Å². The highest BCUT2D eigenvalue weighted by atomic mass is 31.2. The normalized spacial score (nSPS) is 20.0. The van der Waals surface area contributed by atoms with Crippen molar-refractivity contribution in [3.63, 3.8) is 0 Å². The van der Waals surface area contributed by atoms with Crippen LogP contribution in [0.1, 0.15) is 13.8 Å². The molecule has 0 fully saturated rings. The van der Waals surface area contributed by atoms with Gasteiger partial charge in [-0.2, -0.15) is 0 Å². The summed E-state index contributed by atoms with van der Waals surface area (Å²) >= 11 is 0. The highest BCUT2D eigenvalue weighted by Gasteiger charge is 2.05. The Bertz CT molecular complexity index is 134. The first-order valence-electron chi connectivity index (χ1n) is 3.10. The van der Waals surface area contributed by atoms with Gasteiger partial charge in [-0.1, -0.05) is 6.92 Å². The molecule has 1 N–H and O–H groups in total. The average Bonchev–Trinajstić information content (AvgIpc) is 1.85. The Morgan fingerprint density at radius 1 is 1.80 bits per heavy atom. The monoisotopic (exact) mass is 167 g/mol. The van der Waals surface area contributed by atoms with Crippen LogP contribution in [0.5, 0.6) is 0 Å². The third kappa shape index (κ3) is 4.94. The first-order valence-corrected chi connectivity index (χ1v) is 4.83. The van der Waals surface area contributed by atoms with Crippen LogP contribution in [0.4, 0.5) is 0 Å². The van der Waals surface area contributed by atoms with E-state index in [2.05, 4.69) is 4.52 Å². The highest BCUT2D eigenvalue weighted by Crippen LogP contribution is 2.35. The van der Waals surface area contributed by atoms with Gasteiger partial charge in [0.1, 0.15) is 7.60 Å². The molecule has 0 aromatic carbocycles. The molecule has 0 aliphatic heterocycles. The molecule has 0 saturated heterocycles. The van der Waals surface area contributed by atoms with E-state index in [0.29, 0.717) is 0 Å². The molecule has 0 radical (unpaired) electrons. The van der Waals surface area contributed by atoms with Crippen LogP contribution in [0.25, 0.3) is 0 Å². The molecule has 0 aliphatic rings. The van der Waals surface area contributed by atoms with Crippen LogP contribution >= 0.6 is 7.60 Å². The van der Waals surface area contributed by atoms with Crippen LogP contribution in [-0.4, -0.2) is 24.0 Å². The summed E-state index contributed by atoms with van der Waals surface area (Å²) in [6.45, 7) is 2.82. The zero-order valence-corrected chi connectivity index (χ0v) is 7.01. The molecule has 0 amide bonds. The maximum Gasteiger partial charge on any atom is 0.134 e. The molecular formula is C5H12O4P-. The predicted molar refractivity (Wildman–Crippen MR) is 35.8 cm³/mol. The van der Waals surface area contributed by atoms with Gasteiger partial charge in [0.2, 0.25) is 0 Å². The maximum atomic E-state index is 10.6. The lowest BCUT2D eigenvalue weighted by Crippen LogP contribution is -2.14. The minimum Gasteiger partial charge on any atom is -0.779 e. The Morgan fingerprint density at radius 2 is 2.30 bits per heavy atom. The second kappa shape index (κ2) is 4.09. The van der Waals surface area contributed by atoms with Crippen LogP contribution in [-0.2, 0) is 9.09 Å². The van der Waals surface area contributed by atoms with Crippen LogP contribution in [0.15, 0.2) is 0 Å². The molecule has 2 atom stereocenters. The van der Waals surface area contributed by atoms with Gasteiger partial charge >= 0.3 is 0 Å². The second-order valence-corrected chi connectivity index (χ2v) is 4.18. The summed E-state index contributed by atoms with van der Waals surface area (Å²) in [6, 6.07) is 0. The molecule has 0 bridgehead atoms. The van der Waals surface area contributed by atoms with Crippen LogP contribution in [0, 0.1) is 0 Å². The second-order valence-electron chi connectivity index (χ2n) is 2.07. The van der Waals surface area contributed by atoms with E-state index < -0.39 is 13.7 Å². The molecule has 0 spiro atoms. The third-order valence-corrected chi connectivity index (χ3v) is 2.22. The predicted octanol–water partition coefficient (Wildman–Crippen LogP) is -0.0429. The highest BCUT2D eigenvalue weighted by molar-refractivity contribution is 7.51. The molecular weight excluding hydrogens is 155 g/mol. The van der Waals surface area contributed by atoms with Crippen molar-refractivity contribution in [3.8, 4) is 0 Å². The summed E-state index contributed by atoms with van der Waals surface area (Å²) in [5.74, 6) is 0. The zero-order valence-electron chi connectivity index (χ0n) is 6.11. The van der Waals surface area contributed by atoms with Gasteiger partial charge in [0.25, 0.3) is 0 Å². The Balaban J connectivity index is 3.58. The lowest BCUT2D eigenvalue weighted by Gasteiger charge is -2.21. The fourth-order valence-electron chi connectivity index (χ4n) is 0.313. The number of hydrogen-bond donors (Lipinski definition) is 1. The van der Waals surface area contributed by atoms with E-state index in [1.807, 2.05) is 0 Å². The van der Waals surface area contributed by atoms with Gasteiger partial charge in [-0.15, -0.1) is 0 Å². The van der Waals surface area contributed by atoms with E-state index >= 15 is 0 Å². The molecule has 2 unspecified atom stereocenters. The molecule has 0 aromatic heterocycles. The van der Waals surface area contributed by atoms with Crippen molar-refractivity contribution < 1.29 is 19.1 Å². The van der Waals surface area contributed by atoms with Crippen LogP contribution in [0.3, 0.4) is 0 Å².